The normalized spacial score (nSPS) is 12.6. The molecule has 0 aliphatic heterocycles. The molecule has 0 saturated heterocycles. The monoisotopic (exact) mass is 326 g/mol. The predicted molar refractivity (Wildman–Crippen MR) is 87.0 cm³/mol. The summed E-state index contributed by atoms with van der Waals surface area (Å²) >= 11 is 12.4. The van der Waals surface area contributed by atoms with Gasteiger partial charge in [0.2, 0.25) is 0 Å². The Kier molecular flexibility index (Phi) is 5.62. The van der Waals surface area contributed by atoms with Gasteiger partial charge in [-0.3, -0.25) is 9.67 Å². The van der Waals surface area contributed by atoms with Crippen LogP contribution in [0.2, 0.25) is 10.0 Å². The van der Waals surface area contributed by atoms with Gasteiger partial charge < -0.3 is 5.32 Å². The van der Waals surface area contributed by atoms with E-state index in [9.17, 15) is 0 Å². The van der Waals surface area contributed by atoms with Crippen LogP contribution in [0.25, 0.3) is 0 Å². The van der Waals surface area contributed by atoms with Gasteiger partial charge >= 0.3 is 0 Å². The van der Waals surface area contributed by atoms with E-state index in [1.165, 1.54) is 0 Å². The Labute approximate surface area is 135 Å². The van der Waals surface area contributed by atoms with Crippen LogP contribution >= 0.6 is 23.2 Å². The molecule has 1 N–H and O–H groups in total. The summed E-state index contributed by atoms with van der Waals surface area (Å²) in [7, 11) is 1.92. The van der Waals surface area contributed by atoms with E-state index in [-0.39, 0.29) is 6.04 Å². The Morgan fingerprint density at radius 2 is 2.05 bits per heavy atom. The average Bonchev–Trinajstić information content (AvgIpc) is 2.81. The number of aryl methyl sites for hydroxylation is 2. The van der Waals surface area contributed by atoms with Crippen molar-refractivity contribution < 1.29 is 0 Å². The lowest BCUT2D eigenvalue weighted by Crippen LogP contribution is -2.21. The van der Waals surface area contributed by atoms with Gasteiger partial charge in [-0.25, -0.2) is 0 Å². The molecule has 0 bridgehead atoms. The molecule has 4 nitrogen and oxygen atoms in total. The van der Waals surface area contributed by atoms with Crippen molar-refractivity contribution in [3.05, 3.63) is 45.5 Å². The average molecular weight is 327 g/mol. The van der Waals surface area contributed by atoms with Crippen LogP contribution in [0.3, 0.4) is 0 Å². The molecule has 0 fully saturated rings. The van der Waals surface area contributed by atoms with E-state index in [0.717, 1.165) is 41.5 Å². The topological polar surface area (TPSA) is 42.7 Å². The first-order valence-corrected chi connectivity index (χ1v) is 7.89. The van der Waals surface area contributed by atoms with Gasteiger partial charge in [-0.2, -0.15) is 5.10 Å². The minimum Gasteiger partial charge on any atom is -0.311 e. The van der Waals surface area contributed by atoms with E-state index in [1.807, 2.05) is 23.9 Å². The highest BCUT2D eigenvalue weighted by molar-refractivity contribution is 6.32. The second-order valence-electron chi connectivity index (χ2n) is 4.82. The minimum absolute atomic E-state index is 0.0754. The second-order valence-corrected chi connectivity index (χ2v) is 5.64. The number of nitrogens with zero attached hydrogens (tertiary/aromatic N) is 3. The maximum atomic E-state index is 6.47. The lowest BCUT2D eigenvalue weighted by molar-refractivity contribution is 0.531. The number of hydrogen-bond donors (Lipinski definition) is 1. The van der Waals surface area contributed by atoms with Crippen molar-refractivity contribution in [3.63, 3.8) is 0 Å². The number of aromatic nitrogens is 3. The Hall–Kier alpha value is -1.10. The molecule has 1 unspecified atom stereocenters. The SMILES string of the molecule is CCc1nn(CC)c(CC(NC)c2ccc(Cl)cn2)c1Cl. The van der Waals surface area contributed by atoms with Gasteiger partial charge in [-0.15, -0.1) is 0 Å². The Bertz CT molecular complexity index is 592. The molecule has 6 heteroatoms. The highest BCUT2D eigenvalue weighted by atomic mass is 35.5. The molecular formula is C15H20Cl2N4. The van der Waals surface area contributed by atoms with Crippen molar-refractivity contribution in [1.29, 1.82) is 0 Å². The molecule has 1 atom stereocenters. The zero-order chi connectivity index (χ0) is 15.4. The molecular weight excluding hydrogens is 307 g/mol. The van der Waals surface area contributed by atoms with Crippen LogP contribution in [-0.4, -0.2) is 21.8 Å². The van der Waals surface area contributed by atoms with E-state index >= 15 is 0 Å². The summed E-state index contributed by atoms with van der Waals surface area (Å²) in [5, 5.41) is 9.25. The van der Waals surface area contributed by atoms with Crippen molar-refractivity contribution >= 4 is 23.2 Å². The molecule has 0 spiro atoms. The summed E-state index contributed by atoms with van der Waals surface area (Å²) in [6.07, 6.45) is 3.24. The third-order valence-electron chi connectivity index (χ3n) is 3.55. The molecule has 114 valence electrons. The smallest absolute Gasteiger partial charge is 0.0850 e. The first-order valence-electron chi connectivity index (χ1n) is 7.13. The maximum Gasteiger partial charge on any atom is 0.0850 e. The molecule has 2 aromatic heterocycles. The lowest BCUT2D eigenvalue weighted by atomic mass is 10.1. The Morgan fingerprint density at radius 3 is 2.57 bits per heavy atom. The zero-order valence-corrected chi connectivity index (χ0v) is 14.0. The number of likely N-dealkylation sites (N-methyl/N-ethyl adjacent to an activating group) is 1. The molecule has 0 aromatic carbocycles. The highest BCUT2D eigenvalue weighted by Gasteiger charge is 2.19. The largest absolute Gasteiger partial charge is 0.311 e. The van der Waals surface area contributed by atoms with Gasteiger partial charge in [0, 0.05) is 19.2 Å². The van der Waals surface area contributed by atoms with Gasteiger partial charge in [-0.05, 0) is 32.5 Å². The van der Waals surface area contributed by atoms with Gasteiger partial charge in [0.25, 0.3) is 0 Å². The molecule has 2 aromatic rings. The van der Waals surface area contributed by atoms with Crippen LogP contribution < -0.4 is 5.32 Å². The summed E-state index contributed by atoms with van der Waals surface area (Å²) in [6, 6.07) is 3.86. The summed E-state index contributed by atoms with van der Waals surface area (Å²) in [4.78, 5) is 4.39. The van der Waals surface area contributed by atoms with E-state index in [2.05, 4.69) is 29.2 Å². The molecule has 0 aliphatic carbocycles. The highest BCUT2D eigenvalue weighted by Crippen LogP contribution is 2.26. The zero-order valence-electron chi connectivity index (χ0n) is 12.5. The van der Waals surface area contributed by atoms with Crippen LogP contribution in [0.4, 0.5) is 0 Å². The number of pyridine rings is 1. The third-order valence-corrected chi connectivity index (χ3v) is 4.21. The fourth-order valence-corrected chi connectivity index (χ4v) is 2.81. The van der Waals surface area contributed by atoms with E-state index in [4.69, 9.17) is 23.2 Å². The van der Waals surface area contributed by atoms with Crippen molar-refractivity contribution in [2.24, 2.45) is 0 Å². The van der Waals surface area contributed by atoms with E-state index in [1.54, 1.807) is 6.20 Å². The van der Waals surface area contributed by atoms with Crippen molar-refractivity contribution in [2.75, 3.05) is 7.05 Å². The molecule has 0 amide bonds. The fourth-order valence-electron chi connectivity index (χ4n) is 2.35. The van der Waals surface area contributed by atoms with E-state index < -0.39 is 0 Å². The molecule has 0 radical (unpaired) electrons. The van der Waals surface area contributed by atoms with Gasteiger partial charge in [0.1, 0.15) is 0 Å². The van der Waals surface area contributed by atoms with Crippen LogP contribution in [-0.2, 0) is 19.4 Å². The van der Waals surface area contributed by atoms with Gasteiger partial charge in [0.05, 0.1) is 33.2 Å². The quantitative estimate of drug-likeness (QED) is 0.880. The number of rotatable bonds is 6. The third kappa shape index (κ3) is 3.57. The summed E-state index contributed by atoms with van der Waals surface area (Å²) in [5.74, 6) is 0. The minimum atomic E-state index is 0.0754. The summed E-state index contributed by atoms with van der Waals surface area (Å²) in [6.45, 7) is 4.94. The number of nitrogens with one attached hydrogen (secondary N) is 1. The summed E-state index contributed by atoms with van der Waals surface area (Å²) < 4.78 is 1.97. The molecule has 2 heterocycles. The molecule has 21 heavy (non-hydrogen) atoms. The second kappa shape index (κ2) is 7.25. The molecule has 2 rings (SSSR count). The Morgan fingerprint density at radius 1 is 1.29 bits per heavy atom. The first-order chi connectivity index (χ1) is 10.1. The van der Waals surface area contributed by atoms with Gasteiger partial charge in [-0.1, -0.05) is 30.1 Å². The Balaban J connectivity index is 2.30. The van der Waals surface area contributed by atoms with Crippen LogP contribution in [0.1, 0.15) is 37.0 Å². The fraction of sp³-hybridized carbons (Fsp3) is 0.467. The summed E-state index contributed by atoms with van der Waals surface area (Å²) in [5.41, 5.74) is 2.94. The van der Waals surface area contributed by atoms with Crippen molar-refractivity contribution in [1.82, 2.24) is 20.1 Å². The maximum absolute atomic E-state index is 6.47. The standard InChI is InChI=1S/C15H20Cl2N4/c1-4-11-15(17)14(21(5-2)20-11)8-13(18-3)12-7-6-10(16)9-19-12/h6-7,9,13,18H,4-5,8H2,1-3H3. The predicted octanol–water partition coefficient (Wildman–Crippen LogP) is 3.67. The number of halogens is 2. The van der Waals surface area contributed by atoms with Crippen LogP contribution in [0.15, 0.2) is 18.3 Å². The van der Waals surface area contributed by atoms with E-state index in [0.29, 0.717) is 5.02 Å². The van der Waals surface area contributed by atoms with Crippen LogP contribution in [0.5, 0.6) is 0 Å². The van der Waals surface area contributed by atoms with Crippen molar-refractivity contribution in [3.8, 4) is 0 Å². The lowest BCUT2D eigenvalue weighted by Gasteiger charge is -2.16. The van der Waals surface area contributed by atoms with Crippen molar-refractivity contribution in [2.45, 2.75) is 39.3 Å². The first kappa shape index (κ1) is 16.3. The number of hydrogen-bond acceptors (Lipinski definition) is 3. The van der Waals surface area contributed by atoms with Gasteiger partial charge in [0.15, 0.2) is 0 Å². The van der Waals surface area contributed by atoms with Crippen LogP contribution in [0, 0.1) is 0 Å². The molecule has 0 aliphatic rings. The molecule has 0 saturated carbocycles.